The first-order chi connectivity index (χ1) is 8.70. The molecular weight excluding hydrogens is 234 g/mol. The van der Waals surface area contributed by atoms with E-state index in [2.05, 4.69) is 25.9 Å². The van der Waals surface area contributed by atoms with Crippen molar-refractivity contribution in [3.05, 3.63) is 18.1 Å². The predicted molar refractivity (Wildman–Crippen MR) is 65.1 cm³/mol. The number of rotatable bonds is 3. The van der Waals surface area contributed by atoms with Gasteiger partial charge in [-0.2, -0.15) is 0 Å². The van der Waals surface area contributed by atoms with E-state index in [1.165, 1.54) is 12.4 Å². The Morgan fingerprint density at radius 2 is 2.28 bits per heavy atom. The van der Waals surface area contributed by atoms with Gasteiger partial charge in [0.15, 0.2) is 0 Å². The number of carbonyl (C=O) groups is 2. The fraction of sp³-hybridized carbons (Fsp3) is 0.455. The highest BCUT2D eigenvalue weighted by Gasteiger charge is 2.24. The van der Waals surface area contributed by atoms with E-state index in [9.17, 15) is 9.59 Å². The van der Waals surface area contributed by atoms with Gasteiger partial charge in [0.25, 0.3) is 5.91 Å². The van der Waals surface area contributed by atoms with Crippen molar-refractivity contribution in [3.63, 3.8) is 0 Å². The lowest BCUT2D eigenvalue weighted by Gasteiger charge is -2.22. The maximum atomic E-state index is 11.8. The fourth-order valence-corrected chi connectivity index (χ4v) is 1.72. The first-order valence-corrected chi connectivity index (χ1v) is 5.79. The number of nitrogens with zero attached hydrogens (tertiary/aromatic N) is 2. The van der Waals surface area contributed by atoms with Crippen LogP contribution in [0.4, 0.5) is 5.82 Å². The minimum atomic E-state index is -0.475. The van der Waals surface area contributed by atoms with Crippen molar-refractivity contribution in [2.45, 2.75) is 18.9 Å². The second-order valence-corrected chi connectivity index (χ2v) is 4.00. The van der Waals surface area contributed by atoms with E-state index >= 15 is 0 Å². The molecule has 2 amide bonds. The van der Waals surface area contributed by atoms with Crippen LogP contribution >= 0.6 is 0 Å². The smallest absolute Gasteiger partial charge is 0.272 e. The predicted octanol–water partition coefficient (Wildman–Crippen LogP) is -0.473. The highest BCUT2D eigenvalue weighted by Crippen LogP contribution is 2.05. The third kappa shape index (κ3) is 2.73. The minimum Gasteiger partial charge on any atom is -0.372 e. The molecule has 1 aromatic rings. The van der Waals surface area contributed by atoms with Gasteiger partial charge in [-0.05, 0) is 12.8 Å². The maximum Gasteiger partial charge on any atom is 0.272 e. The molecule has 1 aliphatic rings. The lowest BCUT2D eigenvalue weighted by molar-refractivity contribution is -0.124. The third-order valence-electron chi connectivity index (χ3n) is 2.73. The van der Waals surface area contributed by atoms with E-state index < -0.39 is 6.04 Å². The van der Waals surface area contributed by atoms with Crippen LogP contribution in [0, 0.1) is 0 Å². The van der Waals surface area contributed by atoms with Crippen LogP contribution in [0.3, 0.4) is 0 Å². The van der Waals surface area contributed by atoms with Crippen molar-refractivity contribution in [2.75, 3.05) is 18.9 Å². The quantitative estimate of drug-likeness (QED) is 0.673. The van der Waals surface area contributed by atoms with E-state index in [0.717, 1.165) is 6.42 Å². The molecule has 1 aromatic heterocycles. The van der Waals surface area contributed by atoms with E-state index in [1.807, 2.05) is 0 Å². The third-order valence-corrected chi connectivity index (χ3v) is 2.73. The molecule has 0 saturated carbocycles. The number of amides is 2. The second-order valence-electron chi connectivity index (χ2n) is 4.00. The SMILES string of the molecule is CNc1cnc(C(=O)NC2CCCNC2=O)cn1. The van der Waals surface area contributed by atoms with Crippen molar-refractivity contribution in [1.82, 2.24) is 20.6 Å². The summed E-state index contributed by atoms with van der Waals surface area (Å²) < 4.78 is 0. The molecular formula is C11H15N5O2. The molecule has 0 aliphatic carbocycles. The second kappa shape index (κ2) is 5.44. The number of hydrogen-bond acceptors (Lipinski definition) is 5. The van der Waals surface area contributed by atoms with E-state index in [1.54, 1.807) is 7.05 Å². The van der Waals surface area contributed by atoms with Gasteiger partial charge in [0, 0.05) is 13.6 Å². The highest BCUT2D eigenvalue weighted by molar-refractivity contribution is 5.96. The monoisotopic (exact) mass is 249 g/mol. The van der Waals surface area contributed by atoms with Crippen molar-refractivity contribution in [2.24, 2.45) is 0 Å². The molecule has 96 valence electrons. The van der Waals surface area contributed by atoms with Crippen LogP contribution in [0.25, 0.3) is 0 Å². The van der Waals surface area contributed by atoms with Gasteiger partial charge >= 0.3 is 0 Å². The van der Waals surface area contributed by atoms with Crippen LogP contribution in [0.15, 0.2) is 12.4 Å². The molecule has 0 bridgehead atoms. The largest absolute Gasteiger partial charge is 0.372 e. The summed E-state index contributed by atoms with van der Waals surface area (Å²) in [6.45, 7) is 0.669. The fourth-order valence-electron chi connectivity index (χ4n) is 1.72. The van der Waals surface area contributed by atoms with Crippen molar-refractivity contribution >= 4 is 17.6 Å². The molecule has 0 aromatic carbocycles. The Bertz CT molecular complexity index is 445. The molecule has 1 fully saturated rings. The summed E-state index contributed by atoms with van der Waals surface area (Å²) in [5.41, 5.74) is 0.201. The standard InChI is InChI=1S/C11H15N5O2/c1-12-9-6-14-8(5-15-9)11(18)16-7-3-2-4-13-10(7)17/h5-7H,2-4H2,1H3,(H,12,15)(H,13,17)(H,16,18). The zero-order valence-electron chi connectivity index (χ0n) is 10.1. The first kappa shape index (κ1) is 12.3. The molecule has 1 aliphatic heterocycles. The zero-order valence-corrected chi connectivity index (χ0v) is 10.1. The maximum absolute atomic E-state index is 11.8. The Kier molecular flexibility index (Phi) is 3.71. The molecule has 2 heterocycles. The number of aromatic nitrogens is 2. The van der Waals surface area contributed by atoms with E-state index in [-0.39, 0.29) is 17.5 Å². The van der Waals surface area contributed by atoms with Crippen LogP contribution < -0.4 is 16.0 Å². The van der Waals surface area contributed by atoms with Gasteiger partial charge in [-0.1, -0.05) is 0 Å². The molecule has 3 N–H and O–H groups in total. The first-order valence-electron chi connectivity index (χ1n) is 5.79. The summed E-state index contributed by atoms with van der Waals surface area (Å²) in [6.07, 6.45) is 4.36. The summed E-state index contributed by atoms with van der Waals surface area (Å²) in [6, 6.07) is -0.475. The Labute approximate surface area is 104 Å². The van der Waals surface area contributed by atoms with Gasteiger partial charge in [0.2, 0.25) is 5.91 Å². The summed E-state index contributed by atoms with van der Waals surface area (Å²) in [5, 5.41) is 8.17. The minimum absolute atomic E-state index is 0.144. The molecule has 0 spiro atoms. The Hall–Kier alpha value is -2.18. The molecule has 0 radical (unpaired) electrons. The number of piperidine rings is 1. The van der Waals surface area contributed by atoms with Crippen LogP contribution in [0.2, 0.25) is 0 Å². The van der Waals surface area contributed by atoms with E-state index in [0.29, 0.717) is 18.8 Å². The molecule has 2 rings (SSSR count). The zero-order chi connectivity index (χ0) is 13.0. The lowest BCUT2D eigenvalue weighted by Crippen LogP contribution is -2.50. The van der Waals surface area contributed by atoms with Crippen LogP contribution in [-0.2, 0) is 4.79 Å². The van der Waals surface area contributed by atoms with Gasteiger partial charge in [-0.25, -0.2) is 9.97 Å². The Morgan fingerprint density at radius 1 is 1.44 bits per heavy atom. The van der Waals surface area contributed by atoms with Gasteiger partial charge in [-0.15, -0.1) is 0 Å². The summed E-state index contributed by atoms with van der Waals surface area (Å²) in [7, 11) is 1.72. The van der Waals surface area contributed by atoms with Gasteiger partial charge in [0.1, 0.15) is 17.6 Å². The summed E-state index contributed by atoms with van der Waals surface area (Å²) >= 11 is 0. The van der Waals surface area contributed by atoms with Crippen molar-refractivity contribution in [1.29, 1.82) is 0 Å². The molecule has 1 saturated heterocycles. The highest BCUT2D eigenvalue weighted by atomic mass is 16.2. The average Bonchev–Trinajstić information content (AvgIpc) is 2.41. The van der Waals surface area contributed by atoms with Crippen molar-refractivity contribution < 1.29 is 9.59 Å². The van der Waals surface area contributed by atoms with Gasteiger partial charge < -0.3 is 16.0 Å². The van der Waals surface area contributed by atoms with Crippen LogP contribution in [-0.4, -0.2) is 41.4 Å². The molecule has 1 unspecified atom stereocenters. The lowest BCUT2D eigenvalue weighted by atomic mass is 10.1. The Balaban J connectivity index is 2.00. The normalized spacial score (nSPS) is 18.9. The number of nitrogens with one attached hydrogen (secondary N) is 3. The summed E-state index contributed by atoms with van der Waals surface area (Å²) in [5.74, 6) is 0.0589. The van der Waals surface area contributed by atoms with Crippen molar-refractivity contribution in [3.8, 4) is 0 Å². The molecule has 7 nitrogen and oxygen atoms in total. The van der Waals surface area contributed by atoms with Gasteiger partial charge in [-0.3, -0.25) is 9.59 Å². The molecule has 1 atom stereocenters. The number of anilines is 1. The summed E-state index contributed by atoms with van der Waals surface area (Å²) in [4.78, 5) is 31.3. The van der Waals surface area contributed by atoms with Gasteiger partial charge in [0.05, 0.1) is 12.4 Å². The topological polar surface area (TPSA) is 96.0 Å². The average molecular weight is 249 g/mol. The molecule has 7 heteroatoms. The molecule has 18 heavy (non-hydrogen) atoms. The van der Waals surface area contributed by atoms with Crippen LogP contribution in [0.5, 0.6) is 0 Å². The number of hydrogen-bond donors (Lipinski definition) is 3. The van der Waals surface area contributed by atoms with E-state index in [4.69, 9.17) is 0 Å². The van der Waals surface area contributed by atoms with Crippen LogP contribution in [0.1, 0.15) is 23.3 Å². The Morgan fingerprint density at radius 3 is 2.89 bits per heavy atom. The number of carbonyl (C=O) groups excluding carboxylic acids is 2.